The van der Waals surface area contributed by atoms with E-state index in [2.05, 4.69) is 15.5 Å². The van der Waals surface area contributed by atoms with Crippen LogP contribution in [-0.2, 0) is 4.74 Å². The number of hydrogen-bond donors (Lipinski definition) is 0. The molecule has 1 aromatic carbocycles. The molecule has 1 fully saturated rings. The minimum atomic E-state index is 0.00641. The number of rotatable bonds is 2. The van der Waals surface area contributed by atoms with Crippen LogP contribution >= 0.6 is 0 Å². The molecular formula is C14H17N5O2. The second kappa shape index (κ2) is 5.61. The molecule has 110 valence electrons. The Morgan fingerprint density at radius 3 is 2.71 bits per heavy atom. The van der Waals surface area contributed by atoms with E-state index in [-0.39, 0.29) is 18.1 Å². The molecule has 0 unspecified atom stereocenters. The van der Waals surface area contributed by atoms with Crippen LogP contribution in [0.3, 0.4) is 0 Å². The topological polar surface area (TPSA) is 73.1 Å². The van der Waals surface area contributed by atoms with Gasteiger partial charge in [0, 0.05) is 18.7 Å². The van der Waals surface area contributed by atoms with Crippen molar-refractivity contribution in [3.8, 4) is 5.69 Å². The molecule has 2 atom stereocenters. The zero-order valence-corrected chi connectivity index (χ0v) is 12.0. The lowest BCUT2D eigenvalue weighted by atomic mass is 10.1. The van der Waals surface area contributed by atoms with Gasteiger partial charge in [-0.15, -0.1) is 5.10 Å². The maximum atomic E-state index is 12.6. The normalized spacial score (nSPS) is 22.3. The fraction of sp³-hybridized carbons (Fsp3) is 0.429. The lowest BCUT2D eigenvalue weighted by Crippen LogP contribution is -2.48. The Balaban J connectivity index is 1.83. The lowest BCUT2D eigenvalue weighted by Gasteiger charge is -2.35. The van der Waals surface area contributed by atoms with E-state index in [0.717, 1.165) is 5.69 Å². The molecule has 7 nitrogen and oxygen atoms in total. The summed E-state index contributed by atoms with van der Waals surface area (Å²) in [5.41, 5.74) is 1.39. The van der Waals surface area contributed by atoms with Crippen molar-refractivity contribution in [1.29, 1.82) is 0 Å². The Kier molecular flexibility index (Phi) is 3.66. The second-order valence-corrected chi connectivity index (χ2v) is 5.27. The molecule has 0 spiro atoms. The summed E-state index contributed by atoms with van der Waals surface area (Å²) in [6.07, 6.45) is 1.61. The highest BCUT2D eigenvalue weighted by molar-refractivity contribution is 5.94. The average Bonchev–Trinajstić information content (AvgIpc) is 3.00. The SMILES string of the molecule is C[C@@H]1CN(C(=O)c2cccc(-n3cnnn3)c2)C[C@@H](C)O1. The Hall–Kier alpha value is -2.28. The summed E-state index contributed by atoms with van der Waals surface area (Å²) >= 11 is 0. The largest absolute Gasteiger partial charge is 0.372 e. The van der Waals surface area contributed by atoms with Crippen molar-refractivity contribution >= 4 is 5.91 Å². The van der Waals surface area contributed by atoms with E-state index in [0.29, 0.717) is 18.7 Å². The third-order valence-corrected chi connectivity index (χ3v) is 3.41. The van der Waals surface area contributed by atoms with Crippen molar-refractivity contribution in [3.05, 3.63) is 36.2 Å². The van der Waals surface area contributed by atoms with Crippen LogP contribution in [0.15, 0.2) is 30.6 Å². The van der Waals surface area contributed by atoms with Crippen LogP contribution in [0.25, 0.3) is 5.69 Å². The van der Waals surface area contributed by atoms with Crippen molar-refractivity contribution in [2.75, 3.05) is 13.1 Å². The van der Waals surface area contributed by atoms with E-state index in [1.54, 1.807) is 12.1 Å². The number of tetrazole rings is 1. The Labute approximate surface area is 122 Å². The zero-order valence-electron chi connectivity index (χ0n) is 12.0. The van der Waals surface area contributed by atoms with Crippen LogP contribution < -0.4 is 0 Å². The molecule has 1 amide bonds. The first kappa shape index (κ1) is 13.7. The highest BCUT2D eigenvalue weighted by Gasteiger charge is 2.26. The smallest absolute Gasteiger partial charge is 0.254 e. The Morgan fingerprint density at radius 1 is 1.29 bits per heavy atom. The van der Waals surface area contributed by atoms with Gasteiger partial charge in [0.05, 0.1) is 17.9 Å². The van der Waals surface area contributed by atoms with E-state index in [4.69, 9.17) is 4.74 Å². The van der Waals surface area contributed by atoms with Gasteiger partial charge < -0.3 is 9.64 Å². The fourth-order valence-corrected chi connectivity index (χ4v) is 2.59. The summed E-state index contributed by atoms with van der Waals surface area (Å²) < 4.78 is 7.19. The minimum absolute atomic E-state index is 0.00641. The monoisotopic (exact) mass is 287 g/mol. The molecular weight excluding hydrogens is 270 g/mol. The molecule has 1 saturated heterocycles. The van der Waals surface area contributed by atoms with Crippen molar-refractivity contribution in [2.24, 2.45) is 0 Å². The molecule has 3 rings (SSSR count). The highest BCUT2D eigenvalue weighted by Crippen LogP contribution is 2.16. The molecule has 21 heavy (non-hydrogen) atoms. The highest BCUT2D eigenvalue weighted by atomic mass is 16.5. The predicted octanol–water partition coefficient (Wildman–Crippen LogP) is 0.912. The van der Waals surface area contributed by atoms with Crippen molar-refractivity contribution in [2.45, 2.75) is 26.1 Å². The number of carbonyl (C=O) groups excluding carboxylic acids is 1. The van der Waals surface area contributed by atoms with Crippen LogP contribution in [0.1, 0.15) is 24.2 Å². The van der Waals surface area contributed by atoms with Gasteiger partial charge in [-0.2, -0.15) is 0 Å². The van der Waals surface area contributed by atoms with E-state index in [1.807, 2.05) is 30.9 Å². The minimum Gasteiger partial charge on any atom is -0.372 e. The number of aromatic nitrogens is 4. The molecule has 1 aliphatic heterocycles. The number of morpholine rings is 1. The van der Waals surface area contributed by atoms with E-state index in [1.165, 1.54) is 11.0 Å². The molecule has 1 aliphatic rings. The number of amides is 1. The van der Waals surface area contributed by atoms with Gasteiger partial charge in [-0.1, -0.05) is 6.07 Å². The molecule has 0 radical (unpaired) electrons. The molecule has 0 saturated carbocycles. The van der Waals surface area contributed by atoms with Crippen molar-refractivity contribution in [1.82, 2.24) is 25.1 Å². The van der Waals surface area contributed by atoms with Gasteiger partial charge in [-0.3, -0.25) is 4.79 Å². The van der Waals surface area contributed by atoms with Crippen LogP contribution in [0.4, 0.5) is 0 Å². The summed E-state index contributed by atoms with van der Waals surface area (Å²) in [5, 5.41) is 11.0. The van der Waals surface area contributed by atoms with Gasteiger partial charge in [-0.05, 0) is 42.5 Å². The van der Waals surface area contributed by atoms with Crippen LogP contribution in [0.5, 0.6) is 0 Å². The first-order valence-corrected chi connectivity index (χ1v) is 6.91. The van der Waals surface area contributed by atoms with Gasteiger partial charge in [-0.25, -0.2) is 4.68 Å². The number of benzene rings is 1. The molecule has 0 bridgehead atoms. The number of carbonyl (C=O) groups is 1. The molecule has 7 heteroatoms. The standard InChI is InChI=1S/C14H17N5O2/c1-10-7-18(8-11(2)21-10)14(20)12-4-3-5-13(6-12)19-9-15-16-17-19/h3-6,9-11H,7-8H2,1-2H3/t10-,11-/m1/s1. The Bertz CT molecular complexity index is 618. The van der Waals surface area contributed by atoms with Crippen LogP contribution in [0.2, 0.25) is 0 Å². The molecule has 1 aromatic heterocycles. The van der Waals surface area contributed by atoms with E-state index >= 15 is 0 Å². The third-order valence-electron chi connectivity index (χ3n) is 3.41. The number of ether oxygens (including phenoxy) is 1. The van der Waals surface area contributed by atoms with Crippen molar-refractivity contribution in [3.63, 3.8) is 0 Å². The van der Waals surface area contributed by atoms with Crippen molar-refractivity contribution < 1.29 is 9.53 Å². The molecule has 2 aromatic rings. The van der Waals surface area contributed by atoms with Gasteiger partial charge >= 0.3 is 0 Å². The third kappa shape index (κ3) is 2.92. The average molecular weight is 287 g/mol. The molecule has 0 aliphatic carbocycles. The maximum absolute atomic E-state index is 12.6. The van der Waals surface area contributed by atoms with Gasteiger partial charge in [0.2, 0.25) is 0 Å². The summed E-state index contributed by atoms with van der Waals surface area (Å²) in [5.74, 6) is 0.00641. The summed E-state index contributed by atoms with van der Waals surface area (Å²) in [4.78, 5) is 14.5. The van der Waals surface area contributed by atoms with Crippen LogP contribution in [-0.4, -0.2) is 56.3 Å². The summed E-state index contributed by atoms with van der Waals surface area (Å²) in [6, 6.07) is 7.29. The summed E-state index contributed by atoms with van der Waals surface area (Å²) in [6.45, 7) is 5.18. The summed E-state index contributed by atoms with van der Waals surface area (Å²) in [7, 11) is 0. The lowest BCUT2D eigenvalue weighted by molar-refractivity contribution is -0.0586. The molecule has 2 heterocycles. The van der Waals surface area contributed by atoms with Gasteiger partial charge in [0.25, 0.3) is 5.91 Å². The number of hydrogen-bond acceptors (Lipinski definition) is 5. The first-order valence-electron chi connectivity index (χ1n) is 6.91. The predicted molar refractivity (Wildman–Crippen MR) is 75.1 cm³/mol. The van der Waals surface area contributed by atoms with E-state index in [9.17, 15) is 4.79 Å². The molecule has 0 N–H and O–H groups in total. The number of nitrogens with zero attached hydrogens (tertiary/aromatic N) is 5. The van der Waals surface area contributed by atoms with Gasteiger partial charge in [0.15, 0.2) is 0 Å². The Morgan fingerprint density at radius 2 is 2.05 bits per heavy atom. The second-order valence-electron chi connectivity index (χ2n) is 5.27. The zero-order chi connectivity index (χ0) is 14.8. The van der Waals surface area contributed by atoms with Gasteiger partial charge in [0.1, 0.15) is 6.33 Å². The quantitative estimate of drug-likeness (QED) is 0.821. The first-order chi connectivity index (χ1) is 10.1. The van der Waals surface area contributed by atoms with E-state index < -0.39 is 0 Å². The van der Waals surface area contributed by atoms with Crippen LogP contribution in [0, 0.1) is 0 Å². The fourth-order valence-electron chi connectivity index (χ4n) is 2.59. The maximum Gasteiger partial charge on any atom is 0.254 e.